The Hall–Kier alpha value is -1.35. The molecule has 2 aromatic rings. The van der Waals surface area contributed by atoms with E-state index in [1.807, 2.05) is 34.6 Å². The van der Waals surface area contributed by atoms with Crippen LogP contribution in [0.25, 0.3) is 0 Å². The first kappa shape index (κ1) is 16.0. The Balaban J connectivity index is 2.23. The van der Waals surface area contributed by atoms with Gasteiger partial charge < -0.3 is 0 Å². The third-order valence-corrected chi connectivity index (χ3v) is 5.54. The van der Waals surface area contributed by atoms with E-state index < -0.39 is 9.84 Å². The van der Waals surface area contributed by atoms with Crippen molar-refractivity contribution in [2.75, 3.05) is 0 Å². The zero-order chi connectivity index (χ0) is 15.8. The van der Waals surface area contributed by atoms with Crippen LogP contribution in [0.5, 0.6) is 0 Å². The van der Waals surface area contributed by atoms with Crippen LogP contribution >= 0.6 is 11.3 Å². The Bertz CT molecular complexity index is 725. The minimum atomic E-state index is -3.61. The number of sulfone groups is 1. The Morgan fingerprint density at radius 1 is 1.24 bits per heavy atom. The largest absolute Gasteiger partial charge is 0.267 e. The van der Waals surface area contributed by atoms with Crippen LogP contribution in [-0.2, 0) is 21.0 Å². The highest BCUT2D eigenvalue weighted by atomic mass is 32.2. The lowest BCUT2D eigenvalue weighted by Crippen LogP contribution is -2.14. The number of rotatable bonds is 4. The maximum absolute atomic E-state index is 12.3. The highest BCUT2D eigenvalue weighted by molar-refractivity contribution is 7.90. The molecule has 0 unspecified atom stereocenters. The number of nitrogens with one attached hydrogen (secondary N) is 1. The molecule has 0 aromatic carbocycles. The van der Waals surface area contributed by atoms with Crippen LogP contribution in [0.1, 0.15) is 56.4 Å². The summed E-state index contributed by atoms with van der Waals surface area (Å²) in [5, 5.41) is 15.5. The molecule has 2 aromatic heterocycles. The van der Waals surface area contributed by atoms with Crippen molar-refractivity contribution in [2.24, 2.45) is 0 Å². The highest BCUT2D eigenvalue weighted by Gasteiger charge is 2.26. The van der Waals surface area contributed by atoms with Crippen molar-refractivity contribution >= 4 is 21.2 Å². The van der Waals surface area contributed by atoms with E-state index in [1.54, 1.807) is 0 Å². The molecular formula is C12H19N5O2S2. The molecule has 0 fully saturated rings. The topological polar surface area (TPSA) is 101 Å². The van der Waals surface area contributed by atoms with Crippen molar-refractivity contribution in [3.8, 4) is 0 Å². The molecular weight excluding hydrogens is 310 g/mol. The number of H-pyrrole nitrogens is 1. The zero-order valence-electron chi connectivity index (χ0n) is 12.7. The summed E-state index contributed by atoms with van der Waals surface area (Å²) in [7, 11) is -3.61. The van der Waals surface area contributed by atoms with E-state index in [4.69, 9.17) is 0 Å². The third-order valence-electron chi connectivity index (χ3n) is 2.74. The summed E-state index contributed by atoms with van der Waals surface area (Å²) in [4.78, 5) is 4.09. The first-order valence-corrected chi connectivity index (χ1v) is 9.04. The van der Waals surface area contributed by atoms with Gasteiger partial charge >= 0.3 is 0 Å². The molecule has 9 heteroatoms. The van der Waals surface area contributed by atoms with Gasteiger partial charge in [0.1, 0.15) is 21.6 Å². The molecule has 0 bridgehead atoms. The molecule has 2 rings (SSSR count). The monoisotopic (exact) mass is 329 g/mol. The molecule has 0 aliphatic heterocycles. The average molecular weight is 329 g/mol. The van der Waals surface area contributed by atoms with Crippen molar-refractivity contribution in [2.45, 2.75) is 56.9 Å². The molecule has 0 spiro atoms. The van der Waals surface area contributed by atoms with Gasteiger partial charge in [-0.25, -0.2) is 13.4 Å². The highest BCUT2D eigenvalue weighted by Crippen LogP contribution is 2.23. The third kappa shape index (κ3) is 3.65. The average Bonchev–Trinajstić information content (AvgIpc) is 2.94. The van der Waals surface area contributed by atoms with Gasteiger partial charge in [-0.3, -0.25) is 5.10 Å². The predicted octanol–water partition coefficient (Wildman–Crippen LogP) is 2.05. The number of nitrogens with zero attached hydrogens (tertiary/aromatic N) is 4. The minimum Gasteiger partial charge on any atom is -0.262 e. The van der Waals surface area contributed by atoms with Gasteiger partial charge in [0.2, 0.25) is 9.84 Å². The zero-order valence-corrected chi connectivity index (χ0v) is 14.3. The van der Waals surface area contributed by atoms with Crippen molar-refractivity contribution in [3.63, 3.8) is 0 Å². The molecule has 2 heterocycles. The molecule has 0 saturated carbocycles. The summed E-state index contributed by atoms with van der Waals surface area (Å²) in [5.41, 5.74) is -0.283. The molecule has 0 saturated heterocycles. The molecule has 0 aliphatic rings. The summed E-state index contributed by atoms with van der Waals surface area (Å²) < 4.78 is 24.6. The Morgan fingerprint density at radius 3 is 2.38 bits per heavy atom. The SMILES string of the molecule is CC(C)c1nnc(CS(=O)(=O)c2n[nH]c(C(C)(C)C)n2)s1. The molecule has 116 valence electrons. The quantitative estimate of drug-likeness (QED) is 0.921. The molecule has 0 radical (unpaired) electrons. The molecule has 7 nitrogen and oxygen atoms in total. The fourth-order valence-electron chi connectivity index (χ4n) is 1.51. The van der Waals surface area contributed by atoms with Gasteiger partial charge in [-0.05, 0) is 0 Å². The maximum Gasteiger partial charge on any atom is 0.267 e. The second-order valence-electron chi connectivity index (χ2n) is 6.16. The van der Waals surface area contributed by atoms with Crippen LogP contribution in [0.4, 0.5) is 0 Å². The standard InChI is InChI=1S/C12H19N5O2S2/c1-7(2)9-15-14-8(20-9)6-21(18,19)11-13-10(16-17-11)12(3,4)5/h7H,6H2,1-5H3,(H,13,16,17). The lowest BCUT2D eigenvalue weighted by molar-refractivity contribution is 0.546. The second-order valence-corrected chi connectivity index (χ2v) is 9.14. The van der Waals surface area contributed by atoms with E-state index in [9.17, 15) is 8.42 Å². The summed E-state index contributed by atoms with van der Waals surface area (Å²) in [5.74, 6) is 0.551. The number of aromatic nitrogens is 5. The van der Waals surface area contributed by atoms with Crippen molar-refractivity contribution < 1.29 is 8.42 Å². The van der Waals surface area contributed by atoms with E-state index in [2.05, 4.69) is 25.4 Å². The number of hydrogen-bond donors (Lipinski definition) is 1. The van der Waals surface area contributed by atoms with Crippen molar-refractivity contribution in [1.82, 2.24) is 25.4 Å². The van der Waals surface area contributed by atoms with Gasteiger partial charge in [-0.15, -0.1) is 26.6 Å². The summed E-state index contributed by atoms with van der Waals surface area (Å²) in [6.45, 7) is 9.78. The Labute approximate surface area is 128 Å². The fourth-order valence-corrected chi connectivity index (χ4v) is 3.77. The fraction of sp³-hybridized carbons (Fsp3) is 0.667. The number of aromatic amines is 1. The van der Waals surface area contributed by atoms with E-state index in [-0.39, 0.29) is 22.2 Å². The summed E-state index contributed by atoms with van der Waals surface area (Å²) >= 11 is 1.31. The summed E-state index contributed by atoms with van der Waals surface area (Å²) in [6.07, 6.45) is 0. The van der Waals surface area contributed by atoms with E-state index in [1.165, 1.54) is 11.3 Å². The first-order chi connectivity index (χ1) is 9.59. The normalized spacial score (nSPS) is 13.0. The molecule has 21 heavy (non-hydrogen) atoms. The minimum absolute atomic E-state index is 0.186. The van der Waals surface area contributed by atoms with E-state index in [0.717, 1.165) is 5.01 Å². The lowest BCUT2D eigenvalue weighted by Gasteiger charge is -2.12. The molecule has 0 atom stereocenters. The van der Waals surface area contributed by atoms with Crippen LogP contribution in [-0.4, -0.2) is 33.8 Å². The van der Waals surface area contributed by atoms with Gasteiger partial charge in [0.15, 0.2) is 0 Å². The van der Waals surface area contributed by atoms with Crippen molar-refractivity contribution in [1.29, 1.82) is 0 Å². The molecule has 1 N–H and O–H groups in total. The second kappa shape index (κ2) is 5.45. The number of hydrogen-bond acceptors (Lipinski definition) is 7. The molecule has 0 amide bonds. The van der Waals surface area contributed by atoms with Crippen LogP contribution in [0.15, 0.2) is 5.16 Å². The van der Waals surface area contributed by atoms with Gasteiger partial charge in [-0.1, -0.05) is 34.6 Å². The van der Waals surface area contributed by atoms with Crippen LogP contribution < -0.4 is 0 Å². The lowest BCUT2D eigenvalue weighted by atomic mass is 9.96. The predicted molar refractivity (Wildman–Crippen MR) is 80.0 cm³/mol. The Morgan fingerprint density at radius 2 is 1.90 bits per heavy atom. The smallest absolute Gasteiger partial charge is 0.262 e. The summed E-state index contributed by atoms with van der Waals surface area (Å²) in [6, 6.07) is 0. The first-order valence-electron chi connectivity index (χ1n) is 6.57. The van der Waals surface area contributed by atoms with Gasteiger partial charge in [0, 0.05) is 11.3 Å². The maximum atomic E-state index is 12.3. The van der Waals surface area contributed by atoms with Gasteiger partial charge in [0.25, 0.3) is 5.16 Å². The Kier molecular flexibility index (Phi) is 4.16. The van der Waals surface area contributed by atoms with Crippen LogP contribution in [0.2, 0.25) is 0 Å². The van der Waals surface area contributed by atoms with E-state index in [0.29, 0.717) is 10.8 Å². The van der Waals surface area contributed by atoms with Crippen molar-refractivity contribution in [3.05, 3.63) is 15.8 Å². The van der Waals surface area contributed by atoms with Crippen LogP contribution in [0.3, 0.4) is 0 Å². The van der Waals surface area contributed by atoms with Gasteiger partial charge in [0.05, 0.1) is 0 Å². The van der Waals surface area contributed by atoms with Crippen LogP contribution in [0, 0.1) is 0 Å². The van der Waals surface area contributed by atoms with Gasteiger partial charge in [-0.2, -0.15) is 0 Å². The molecule has 0 aliphatic carbocycles. The van der Waals surface area contributed by atoms with E-state index >= 15 is 0 Å².